The summed E-state index contributed by atoms with van der Waals surface area (Å²) in [7, 11) is 0. The topological polar surface area (TPSA) is 38.3 Å². The first-order valence-corrected chi connectivity index (χ1v) is 7.35. The Balaban J connectivity index is 2.64. The second-order valence-corrected chi connectivity index (χ2v) is 6.43. The molecule has 0 spiro atoms. The van der Waals surface area contributed by atoms with Gasteiger partial charge in [0.2, 0.25) is 0 Å². The maximum Gasteiger partial charge on any atom is 0.407 e. The van der Waals surface area contributed by atoms with Crippen LogP contribution in [0.3, 0.4) is 0 Å². The number of hydrogen-bond acceptors (Lipinski definition) is 2. The third-order valence-corrected chi connectivity index (χ3v) is 3.00. The molecule has 0 aromatic heterocycles. The smallest absolute Gasteiger partial charge is 0.407 e. The van der Waals surface area contributed by atoms with Gasteiger partial charge in [0, 0.05) is 11.0 Å². The minimum absolute atomic E-state index is 0.377. The van der Waals surface area contributed by atoms with Crippen LogP contribution in [-0.2, 0) is 17.7 Å². The van der Waals surface area contributed by atoms with E-state index in [2.05, 4.69) is 34.2 Å². The number of rotatable bonds is 4. The predicted molar refractivity (Wildman–Crippen MR) is 81.2 cm³/mol. The minimum atomic E-state index is -0.462. The molecule has 0 atom stereocenters. The standard InChI is InChI=1S/C15H22BrNO2/c1-5-6-11-9-13(16)8-7-12(11)10-17-14(18)19-15(2,3)4/h7-9H,5-6,10H2,1-4H3,(H,17,18). The van der Waals surface area contributed by atoms with Gasteiger partial charge in [0.25, 0.3) is 0 Å². The lowest BCUT2D eigenvalue weighted by atomic mass is 10.0. The van der Waals surface area contributed by atoms with Gasteiger partial charge in [-0.25, -0.2) is 4.79 Å². The second kappa shape index (κ2) is 6.94. The highest BCUT2D eigenvalue weighted by Crippen LogP contribution is 2.18. The molecule has 0 aliphatic carbocycles. The first kappa shape index (κ1) is 16.0. The van der Waals surface area contributed by atoms with Crippen LogP contribution >= 0.6 is 15.9 Å². The number of nitrogens with one attached hydrogen (secondary N) is 1. The molecular formula is C15H22BrNO2. The fourth-order valence-electron chi connectivity index (χ4n) is 1.75. The summed E-state index contributed by atoms with van der Waals surface area (Å²) >= 11 is 3.47. The van der Waals surface area contributed by atoms with Crippen molar-refractivity contribution in [2.75, 3.05) is 0 Å². The van der Waals surface area contributed by atoms with Crippen LogP contribution in [0.1, 0.15) is 45.2 Å². The zero-order valence-corrected chi connectivity index (χ0v) is 13.6. The Bertz CT molecular complexity index is 438. The molecule has 1 rings (SSSR count). The number of carbonyl (C=O) groups excluding carboxylic acids is 1. The lowest BCUT2D eigenvalue weighted by Gasteiger charge is -2.20. The van der Waals surface area contributed by atoms with Gasteiger partial charge in [-0.05, 0) is 50.5 Å². The van der Waals surface area contributed by atoms with Gasteiger partial charge in [0.05, 0.1) is 0 Å². The highest BCUT2D eigenvalue weighted by molar-refractivity contribution is 9.10. The molecule has 0 bridgehead atoms. The van der Waals surface area contributed by atoms with Gasteiger partial charge in [-0.2, -0.15) is 0 Å². The highest BCUT2D eigenvalue weighted by Gasteiger charge is 2.16. The summed E-state index contributed by atoms with van der Waals surface area (Å²) in [5.74, 6) is 0. The van der Waals surface area contributed by atoms with Gasteiger partial charge < -0.3 is 10.1 Å². The van der Waals surface area contributed by atoms with E-state index in [1.165, 1.54) is 5.56 Å². The van der Waals surface area contributed by atoms with E-state index < -0.39 is 5.60 Å². The number of amides is 1. The van der Waals surface area contributed by atoms with Crippen molar-refractivity contribution in [2.24, 2.45) is 0 Å². The number of halogens is 1. The summed E-state index contributed by atoms with van der Waals surface area (Å²) in [5, 5.41) is 2.80. The fourth-order valence-corrected chi connectivity index (χ4v) is 2.16. The third-order valence-electron chi connectivity index (χ3n) is 2.51. The molecule has 1 aromatic carbocycles. The SMILES string of the molecule is CCCc1cc(Br)ccc1CNC(=O)OC(C)(C)C. The summed E-state index contributed by atoms with van der Waals surface area (Å²) in [4.78, 5) is 11.6. The average molecular weight is 328 g/mol. The summed E-state index contributed by atoms with van der Waals surface area (Å²) in [6.07, 6.45) is 1.71. The summed E-state index contributed by atoms with van der Waals surface area (Å²) < 4.78 is 6.29. The Hall–Kier alpha value is -1.03. The van der Waals surface area contributed by atoms with E-state index in [9.17, 15) is 4.79 Å². The molecule has 0 unspecified atom stereocenters. The van der Waals surface area contributed by atoms with Crippen molar-refractivity contribution in [1.82, 2.24) is 5.32 Å². The van der Waals surface area contributed by atoms with Crippen molar-refractivity contribution in [3.63, 3.8) is 0 Å². The molecular weight excluding hydrogens is 306 g/mol. The summed E-state index contributed by atoms with van der Waals surface area (Å²) in [6, 6.07) is 6.13. The Labute approximate surface area is 123 Å². The number of hydrogen-bond donors (Lipinski definition) is 1. The van der Waals surface area contributed by atoms with Gasteiger partial charge in [0.1, 0.15) is 5.60 Å². The van der Waals surface area contributed by atoms with E-state index in [1.54, 1.807) is 0 Å². The van der Waals surface area contributed by atoms with Crippen LogP contribution in [0.5, 0.6) is 0 Å². The molecule has 0 fully saturated rings. The molecule has 106 valence electrons. The van der Waals surface area contributed by atoms with Crippen LogP contribution in [0.4, 0.5) is 4.79 Å². The lowest BCUT2D eigenvalue weighted by molar-refractivity contribution is 0.0523. The van der Waals surface area contributed by atoms with Gasteiger partial charge >= 0.3 is 6.09 Å². The van der Waals surface area contributed by atoms with Crippen LogP contribution in [0.25, 0.3) is 0 Å². The second-order valence-electron chi connectivity index (χ2n) is 5.52. The van der Waals surface area contributed by atoms with Gasteiger partial charge in [-0.1, -0.05) is 35.3 Å². The monoisotopic (exact) mass is 327 g/mol. The number of benzene rings is 1. The molecule has 0 aliphatic rings. The molecule has 0 saturated heterocycles. The van der Waals surface area contributed by atoms with Crippen molar-refractivity contribution in [1.29, 1.82) is 0 Å². The van der Waals surface area contributed by atoms with Crippen LogP contribution in [0.15, 0.2) is 22.7 Å². The largest absolute Gasteiger partial charge is 0.444 e. The summed E-state index contributed by atoms with van der Waals surface area (Å²) in [6.45, 7) is 8.21. The molecule has 0 radical (unpaired) electrons. The number of carbonyl (C=O) groups is 1. The van der Waals surface area contributed by atoms with Crippen molar-refractivity contribution in [3.05, 3.63) is 33.8 Å². The fraction of sp³-hybridized carbons (Fsp3) is 0.533. The molecule has 0 heterocycles. The van der Waals surface area contributed by atoms with E-state index in [4.69, 9.17) is 4.74 Å². The number of ether oxygens (including phenoxy) is 1. The predicted octanol–water partition coefficient (Wildman–Crippen LogP) is 4.43. The Morgan fingerprint density at radius 1 is 1.32 bits per heavy atom. The van der Waals surface area contributed by atoms with Crippen molar-refractivity contribution >= 4 is 22.0 Å². The van der Waals surface area contributed by atoms with Crippen molar-refractivity contribution in [2.45, 2.75) is 52.7 Å². The summed E-state index contributed by atoms with van der Waals surface area (Å²) in [5.41, 5.74) is 1.93. The lowest BCUT2D eigenvalue weighted by Crippen LogP contribution is -2.32. The molecule has 0 saturated carbocycles. The van der Waals surface area contributed by atoms with E-state index in [0.717, 1.165) is 22.9 Å². The van der Waals surface area contributed by atoms with Crippen molar-refractivity contribution in [3.8, 4) is 0 Å². The first-order chi connectivity index (χ1) is 8.81. The van der Waals surface area contributed by atoms with E-state index in [1.807, 2.05) is 32.9 Å². The van der Waals surface area contributed by atoms with Crippen molar-refractivity contribution < 1.29 is 9.53 Å². The Morgan fingerprint density at radius 2 is 2.00 bits per heavy atom. The third kappa shape index (κ3) is 6.10. The van der Waals surface area contributed by atoms with E-state index in [-0.39, 0.29) is 6.09 Å². The van der Waals surface area contributed by atoms with E-state index >= 15 is 0 Å². The molecule has 3 nitrogen and oxygen atoms in total. The minimum Gasteiger partial charge on any atom is -0.444 e. The number of aryl methyl sites for hydroxylation is 1. The Kier molecular flexibility index (Phi) is 5.85. The molecule has 4 heteroatoms. The molecule has 1 aromatic rings. The van der Waals surface area contributed by atoms with Gasteiger partial charge in [-0.3, -0.25) is 0 Å². The number of alkyl carbamates (subject to hydrolysis) is 1. The van der Waals surface area contributed by atoms with Crippen LogP contribution in [-0.4, -0.2) is 11.7 Å². The first-order valence-electron chi connectivity index (χ1n) is 6.56. The maximum absolute atomic E-state index is 11.6. The quantitative estimate of drug-likeness (QED) is 0.888. The maximum atomic E-state index is 11.6. The highest BCUT2D eigenvalue weighted by atomic mass is 79.9. The van der Waals surface area contributed by atoms with Crippen LogP contribution in [0, 0.1) is 0 Å². The molecule has 1 N–H and O–H groups in total. The normalized spacial score (nSPS) is 11.2. The molecule has 0 aliphatic heterocycles. The molecule has 19 heavy (non-hydrogen) atoms. The van der Waals surface area contributed by atoms with Gasteiger partial charge in [-0.15, -0.1) is 0 Å². The zero-order chi connectivity index (χ0) is 14.5. The van der Waals surface area contributed by atoms with Crippen LogP contribution in [0.2, 0.25) is 0 Å². The molecule has 1 amide bonds. The van der Waals surface area contributed by atoms with Gasteiger partial charge in [0.15, 0.2) is 0 Å². The van der Waals surface area contributed by atoms with E-state index in [0.29, 0.717) is 6.54 Å². The average Bonchev–Trinajstić information content (AvgIpc) is 2.26. The zero-order valence-electron chi connectivity index (χ0n) is 12.0. The Morgan fingerprint density at radius 3 is 2.58 bits per heavy atom. The van der Waals surface area contributed by atoms with Crippen LogP contribution < -0.4 is 5.32 Å².